The standard InChI is InChI=1S/C28H46/c1-19(2)20(3)10-11-21(4)24-14-15-25-23-13-12-22-9-7-8-17-27(22,5)26(23)16-18-28(24,25)6/h15,19-22,24H,7-14,16-18H2,1-6H3/t20-,21+,22?,24+,27-,28+/m0/s1. The van der Waals surface area contributed by atoms with E-state index in [-0.39, 0.29) is 0 Å². The zero-order valence-corrected chi connectivity index (χ0v) is 19.7. The van der Waals surface area contributed by atoms with Crippen LogP contribution in [0.4, 0.5) is 0 Å². The summed E-state index contributed by atoms with van der Waals surface area (Å²) >= 11 is 0. The highest BCUT2D eigenvalue weighted by molar-refractivity contribution is 5.49. The number of hydrogen-bond acceptors (Lipinski definition) is 0. The molecule has 0 aromatic heterocycles. The minimum atomic E-state index is 0.469. The van der Waals surface area contributed by atoms with Crippen LogP contribution in [0.25, 0.3) is 0 Å². The van der Waals surface area contributed by atoms with Crippen molar-refractivity contribution in [1.29, 1.82) is 0 Å². The van der Waals surface area contributed by atoms with Crippen molar-refractivity contribution in [2.24, 2.45) is 40.4 Å². The Balaban J connectivity index is 1.53. The van der Waals surface area contributed by atoms with Gasteiger partial charge in [-0.2, -0.15) is 0 Å². The molecule has 0 radical (unpaired) electrons. The lowest BCUT2D eigenvalue weighted by Crippen LogP contribution is -2.41. The van der Waals surface area contributed by atoms with E-state index < -0.39 is 0 Å². The highest BCUT2D eigenvalue weighted by atomic mass is 14.6. The van der Waals surface area contributed by atoms with Crippen LogP contribution < -0.4 is 0 Å². The molecule has 0 aromatic carbocycles. The molecule has 0 bridgehead atoms. The first-order valence-corrected chi connectivity index (χ1v) is 12.7. The maximum absolute atomic E-state index is 2.72. The lowest BCUT2D eigenvalue weighted by atomic mass is 9.52. The minimum Gasteiger partial charge on any atom is -0.0802 e. The normalized spacial score (nSPS) is 39.9. The van der Waals surface area contributed by atoms with E-state index in [2.05, 4.69) is 47.6 Å². The average molecular weight is 383 g/mol. The van der Waals surface area contributed by atoms with Crippen molar-refractivity contribution in [3.05, 3.63) is 22.8 Å². The Hall–Kier alpha value is -0.520. The monoisotopic (exact) mass is 382 g/mol. The highest BCUT2D eigenvalue weighted by Crippen LogP contribution is 2.64. The Morgan fingerprint density at radius 2 is 1.71 bits per heavy atom. The Bertz CT molecular complexity index is 649. The zero-order valence-electron chi connectivity index (χ0n) is 19.7. The molecule has 4 aliphatic carbocycles. The van der Waals surface area contributed by atoms with Gasteiger partial charge in [-0.1, -0.05) is 78.9 Å². The van der Waals surface area contributed by atoms with E-state index in [1.54, 1.807) is 0 Å². The summed E-state index contributed by atoms with van der Waals surface area (Å²) in [5, 5.41) is 0. The largest absolute Gasteiger partial charge is 0.0802 e. The van der Waals surface area contributed by atoms with Gasteiger partial charge in [-0.05, 0) is 96.5 Å². The number of allylic oxidation sites excluding steroid dienone is 4. The smallest absolute Gasteiger partial charge is 0.00389 e. The van der Waals surface area contributed by atoms with E-state index in [1.165, 1.54) is 70.6 Å². The van der Waals surface area contributed by atoms with Gasteiger partial charge in [0.1, 0.15) is 0 Å². The first kappa shape index (κ1) is 20.7. The van der Waals surface area contributed by atoms with Gasteiger partial charge in [0.15, 0.2) is 0 Å². The van der Waals surface area contributed by atoms with Crippen LogP contribution in [0.5, 0.6) is 0 Å². The predicted molar refractivity (Wildman–Crippen MR) is 122 cm³/mol. The topological polar surface area (TPSA) is 0 Å². The van der Waals surface area contributed by atoms with Crippen LogP contribution in [0.3, 0.4) is 0 Å². The third kappa shape index (κ3) is 3.26. The molecule has 0 heterocycles. The Morgan fingerprint density at radius 3 is 2.46 bits per heavy atom. The molecule has 0 spiro atoms. The molecule has 0 amide bonds. The predicted octanol–water partition coefficient (Wildman–Crippen LogP) is 8.73. The summed E-state index contributed by atoms with van der Waals surface area (Å²) in [4.78, 5) is 0. The van der Waals surface area contributed by atoms with Crippen molar-refractivity contribution in [3.8, 4) is 0 Å². The van der Waals surface area contributed by atoms with Gasteiger partial charge in [-0.25, -0.2) is 0 Å². The van der Waals surface area contributed by atoms with Crippen molar-refractivity contribution in [3.63, 3.8) is 0 Å². The molecule has 0 saturated heterocycles. The molecule has 6 atom stereocenters. The molecule has 0 nitrogen and oxygen atoms in total. The van der Waals surface area contributed by atoms with E-state index in [1.807, 2.05) is 16.7 Å². The average Bonchev–Trinajstić information content (AvgIpc) is 3.02. The summed E-state index contributed by atoms with van der Waals surface area (Å²) in [6.45, 7) is 15.1. The molecular formula is C28H46. The van der Waals surface area contributed by atoms with Gasteiger partial charge >= 0.3 is 0 Å². The van der Waals surface area contributed by atoms with Gasteiger partial charge in [-0.3, -0.25) is 0 Å². The third-order valence-corrected chi connectivity index (χ3v) is 10.3. The summed E-state index contributed by atoms with van der Waals surface area (Å²) in [6.07, 6.45) is 18.5. The van der Waals surface area contributed by atoms with Gasteiger partial charge in [0.2, 0.25) is 0 Å². The molecular weight excluding hydrogens is 336 g/mol. The van der Waals surface area contributed by atoms with Crippen LogP contribution in [0.2, 0.25) is 0 Å². The minimum absolute atomic E-state index is 0.469. The summed E-state index contributed by atoms with van der Waals surface area (Å²) in [5.41, 5.74) is 6.63. The van der Waals surface area contributed by atoms with E-state index in [0.29, 0.717) is 10.8 Å². The molecule has 0 aliphatic heterocycles. The maximum atomic E-state index is 2.72. The van der Waals surface area contributed by atoms with E-state index >= 15 is 0 Å². The molecule has 4 rings (SSSR count). The van der Waals surface area contributed by atoms with Crippen molar-refractivity contribution in [2.75, 3.05) is 0 Å². The van der Waals surface area contributed by atoms with Crippen LogP contribution in [0.15, 0.2) is 22.8 Å². The second-order valence-electron chi connectivity index (χ2n) is 12.0. The van der Waals surface area contributed by atoms with Crippen LogP contribution >= 0.6 is 0 Å². The second kappa shape index (κ2) is 7.63. The zero-order chi connectivity index (χ0) is 20.1. The van der Waals surface area contributed by atoms with Crippen LogP contribution in [-0.2, 0) is 0 Å². The fourth-order valence-corrected chi connectivity index (χ4v) is 7.84. The van der Waals surface area contributed by atoms with Crippen molar-refractivity contribution in [1.82, 2.24) is 0 Å². The van der Waals surface area contributed by atoms with Crippen molar-refractivity contribution in [2.45, 2.75) is 112 Å². The van der Waals surface area contributed by atoms with Crippen LogP contribution in [0.1, 0.15) is 112 Å². The lowest BCUT2D eigenvalue weighted by molar-refractivity contribution is 0.106. The maximum Gasteiger partial charge on any atom is -0.00389 e. The number of hydrogen-bond donors (Lipinski definition) is 0. The summed E-state index contributed by atoms with van der Waals surface area (Å²) in [6, 6.07) is 0. The molecule has 1 fully saturated rings. The van der Waals surface area contributed by atoms with E-state index in [9.17, 15) is 0 Å². The Labute approximate surface area is 175 Å². The summed E-state index contributed by atoms with van der Waals surface area (Å²) in [7, 11) is 0. The summed E-state index contributed by atoms with van der Waals surface area (Å²) in [5.74, 6) is 4.43. The summed E-state index contributed by atoms with van der Waals surface area (Å²) < 4.78 is 0. The lowest BCUT2D eigenvalue weighted by Gasteiger charge is -2.53. The molecule has 0 aromatic rings. The molecule has 1 saturated carbocycles. The van der Waals surface area contributed by atoms with Gasteiger partial charge < -0.3 is 0 Å². The third-order valence-electron chi connectivity index (χ3n) is 10.3. The molecule has 28 heavy (non-hydrogen) atoms. The van der Waals surface area contributed by atoms with Gasteiger partial charge in [0.25, 0.3) is 0 Å². The number of fused-ring (bicyclic) bond motifs is 4. The van der Waals surface area contributed by atoms with E-state index in [0.717, 1.165) is 29.6 Å². The fourth-order valence-electron chi connectivity index (χ4n) is 7.84. The fraction of sp³-hybridized carbons (Fsp3) is 0.857. The number of rotatable bonds is 5. The van der Waals surface area contributed by atoms with Gasteiger partial charge in [0.05, 0.1) is 0 Å². The van der Waals surface area contributed by atoms with Crippen LogP contribution in [0, 0.1) is 40.4 Å². The Morgan fingerprint density at radius 1 is 0.929 bits per heavy atom. The quantitative estimate of drug-likeness (QED) is 0.446. The van der Waals surface area contributed by atoms with E-state index in [4.69, 9.17) is 0 Å². The molecule has 0 N–H and O–H groups in total. The molecule has 0 heteroatoms. The van der Waals surface area contributed by atoms with Gasteiger partial charge in [-0.15, -0.1) is 0 Å². The molecule has 1 unspecified atom stereocenters. The SMILES string of the molecule is CC(C)[C@@H](C)CC[C@@H](C)[C@H]1CC=C2C3=C(CC[C@@]21C)[C@@]1(C)CCCCC1CC3. The van der Waals surface area contributed by atoms with Crippen LogP contribution in [-0.4, -0.2) is 0 Å². The molecule has 158 valence electrons. The van der Waals surface area contributed by atoms with Crippen molar-refractivity contribution < 1.29 is 0 Å². The Kier molecular flexibility index (Phi) is 5.65. The van der Waals surface area contributed by atoms with Crippen molar-refractivity contribution >= 4 is 0 Å². The first-order chi connectivity index (χ1) is 13.3. The second-order valence-corrected chi connectivity index (χ2v) is 12.0. The van der Waals surface area contributed by atoms with Gasteiger partial charge in [0, 0.05) is 0 Å². The highest BCUT2D eigenvalue weighted by Gasteiger charge is 2.52. The first-order valence-electron chi connectivity index (χ1n) is 12.7. The molecule has 4 aliphatic rings.